The fraction of sp³-hybridized carbons (Fsp3) is 0.300. The van der Waals surface area contributed by atoms with Gasteiger partial charge in [0.05, 0.1) is 16.5 Å². The van der Waals surface area contributed by atoms with Gasteiger partial charge in [0, 0.05) is 0 Å². The molecule has 0 heterocycles. The van der Waals surface area contributed by atoms with Crippen LogP contribution in [0.25, 0.3) is 0 Å². The van der Waals surface area contributed by atoms with Crippen LogP contribution in [-0.2, 0) is 10.0 Å². The zero-order chi connectivity index (χ0) is 13.9. The van der Waals surface area contributed by atoms with E-state index in [1.807, 2.05) is 0 Å². The van der Waals surface area contributed by atoms with Gasteiger partial charge in [-0.2, -0.15) is 4.31 Å². The Morgan fingerprint density at radius 3 is 2.56 bits per heavy atom. The molecule has 2 N–H and O–H groups in total. The summed E-state index contributed by atoms with van der Waals surface area (Å²) in [5.41, 5.74) is 4.96. The predicted molar refractivity (Wildman–Crippen MR) is 67.6 cm³/mol. The summed E-state index contributed by atoms with van der Waals surface area (Å²) in [6.07, 6.45) is 0.320. The summed E-state index contributed by atoms with van der Waals surface area (Å²) < 4.78 is 37.1. The summed E-state index contributed by atoms with van der Waals surface area (Å²) in [4.78, 5) is 11.2. The molecule has 1 aromatic carbocycles. The molecule has 0 fully saturated rings. The first-order valence-corrected chi connectivity index (χ1v) is 7.05. The van der Waals surface area contributed by atoms with Crippen molar-refractivity contribution in [1.82, 2.24) is 0 Å². The van der Waals surface area contributed by atoms with Crippen LogP contribution < -0.4 is 10.0 Å². The Balaban J connectivity index is 3.29. The smallest absolute Gasteiger partial charge is 0.333 e. The molecular formula is C10H12ClFN2O3S. The van der Waals surface area contributed by atoms with E-state index in [4.69, 9.17) is 17.3 Å². The maximum absolute atomic E-state index is 13.0. The van der Waals surface area contributed by atoms with Gasteiger partial charge in [-0.3, -0.25) is 0 Å². The van der Waals surface area contributed by atoms with E-state index in [1.54, 1.807) is 6.92 Å². The quantitative estimate of drug-likeness (QED) is 0.923. The molecule has 0 aliphatic carbocycles. The lowest BCUT2D eigenvalue weighted by molar-refractivity contribution is 0.257. The number of rotatable bonds is 4. The van der Waals surface area contributed by atoms with Crippen molar-refractivity contribution in [3.05, 3.63) is 29.0 Å². The monoisotopic (exact) mass is 294 g/mol. The Hall–Kier alpha value is -1.34. The van der Waals surface area contributed by atoms with E-state index in [-0.39, 0.29) is 16.5 Å². The highest BCUT2D eigenvalue weighted by molar-refractivity contribution is 7.93. The molecule has 0 saturated heterocycles. The maximum Gasteiger partial charge on any atom is 0.333 e. The van der Waals surface area contributed by atoms with E-state index in [1.165, 1.54) is 0 Å². The Labute approximate surface area is 109 Å². The zero-order valence-corrected chi connectivity index (χ0v) is 11.1. The zero-order valence-electron chi connectivity index (χ0n) is 9.56. The van der Waals surface area contributed by atoms with Crippen LogP contribution in [0.3, 0.4) is 0 Å². The SMILES string of the molecule is CCCS(=O)(=O)N(C(N)=O)c1ccc(F)c(Cl)c1. The number of amides is 2. The van der Waals surface area contributed by atoms with Gasteiger partial charge in [0.15, 0.2) is 0 Å². The van der Waals surface area contributed by atoms with Crippen LogP contribution in [0.5, 0.6) is 0 Å². The van der Waals surface area contributed by atoms with Crippen LogP contribution in [0, 0.1) is 5.82 Å². The number of halogens is 2. The summed E-state index contributed by atoms with van der Waals surface area (Å²) in [5, 5.41) is -0.287. The molecule has 5 nitrogen and oxygen atoms in total. The molecule has 0 spiro atoms. The molecule has 0 atom stereocenters. The minimum Gasteiger partial charge on any atom is -0.350 e. The third-order valence-electron chi connectivity index (χ3n) is 2.08. The lowest BCUT2D eigenvalue weighted by atomic mass is 10.3. The molecule has 0 saturated carbocycles. The molecule has 0 aromatic heterocycles. The van der Waals surface area contributed by atoms with E-state index in [9.17, 15) is 17.6 Å². The second-order valence-electron chi connectivity index (χ2n) is 3.52. The fourth-order valence-electron chi connectivity index (χ4n) is 1.39. The second kappa shape index (κ2) is 5.53. The summed E-state index contributed by atoms with van der Waals surface area (Å²) in [6.45, 7) is 1.65. The van der Waals surface area contributed by atoms with Crippen LogP contribution in [0.15, 0.2) is 18.2 Å². The molecule has 8 heteroatoms. The lowest BCUT2D eigenvalue weighted by Gasteiger charge is -2.20. The van der Waals surface area contributed by atoms with Crippen molar-refractivity contribution in [2.24, 2.45) is 5.73 Å². The van der Waals surface area contributed by atoms with E-state index >= 15 is 0 Å². The first-order valence-electron chi connectivity index (χ1n) is 5.07. The molecule has 0 radical (unpaired) electrons. The van der Waals surface area contributed by atoms with Crippen molar-refractivity contribution in [2.75, 3.05) is 10.1 Å². The molecule has 1 aromatic rings. The molecule has 2 amide bonds. The van der Waals surface area contributed by atoms with Gasteiger partial charge in [0.2, 0.25) is 10.0 Å². The highest BCUT2D eigenvalue weighted by atomic mass is 35.5. The number of hydrogen-bond donors (Lipinski definition) is 1. The van der Waals surface area contributed by atoms with Gasteiger partial charge >= 0.3 is 6.03 Å². The number of primary amides is 1. The topological polar surface area (TPSA) is 80.5 Å². The molecule has 0 aliphatic heterocycles. The van der Waals surface area contributed by atoms with Crippen LogP contribution in [0.4, 0.5) is 14.9 Å². The minimum atomic E-state index is -3.88. The fourth-order valence-corrected chi connectivity index (χ4v) is 2.97. The minimum absolute atomic E-state index is 0.0812. The van der Waals surface area contributed by atoms with Crippen molar-refractivity contribution in [2.45, 2.75) is 13.3 Å². The summed E-state index contributed by atoms with van der Waals surface area (Å²) >= 11 is 5.54. The number of benzene rings is 1. The van der Waals surface area contributed by atoms with Crippen molar-refractivity contribution >= 4 is 33.3 Å². The van der Waals surface area contributed by atoms with Gasteiger partial charge in [-0.1, -0.05) is 18.5 Å². The van der Waals surface area contributed by atoms with Crippen LogP contribution in [0.2, 0.25) is 5.02 Å². The Kier molecular flexibility index (Phi) is 4.53. The number of anilines is 1. The number of sulfonamides is 1. The molecule has 1 rings (SSSR count). The molecule has 100 valence electrons. The number of hydrogen-bond acceptors (Lipinski definition) is 3. The number of nitrogens with zero attached hydrogens (tertiary/aromatic N) is 1. The largest absolute Gasteiger partial charge is 0.350 e. The van der Waals surface area contributed by atoms with Crippen LogP contribution in [0.1, 0.15) is 13.3 Å². The van der Waals surface area contributed by atoms with Gasteiger partial charge in [0.25, 0.3) is 0 Å². The highest BCUT2D eigenvalue weighted by Crippen LogP contribution is 2.25. The molecule has 0 bridgehead atoms. The van der Waals surface area contributed by atoms with Gasteiger partial charge < -0.3 is 5.73 Å². The molecule has 18 heavy (non-hydrogen) atoms. The van der Waals surface area contributed by atoms with Gasteiger partial charge in [-0.05, 0) is 24.6 Å². The molecular weight excluding hydrogens is 283 g/mol. The standard InChI is InChI=1S/C10H12ClFN2O3S/c1-2-5-18(16,17)14(10(13)15)7-3-4-9(12)8(11)6-7/h3-4,6H,2,5H2,1H3,(H2,13,15). The third-order valence-corrected chi connectivity index (χ3v) is 4.24. The van der Waals surface area contributed by atoms with Crippen molar-refractivity contribution < 1.29 is 17.6 Å². The predicted octanol–water partition coefficient (Wildman–Crippen LogP) is 2.10. The van der Waals surface area contributed by atoms with Crippen molar-refractivity contribution in [1.29, 1.82) is 0 Å². The van der Waals surface area contributed by atoms with Crippen molar-refractivity contribution in [3.8, 4) is 0 Å². The average molecular weight is 295 g/mol. The summed E-state index contributed by atoms with van der Waals surface area (Å²) in [6, 6.07) is 1.97. The summed E-state index contributed by atoms with van der Waals surface area (Å²) in [7, 11) is -3.88. The molecule has 0 unspecified atom stereocenters. The van der Waals surface area contributed by atoms with Crippen LogP contribution >= 0.6 is 11.6 Å². The van der Waals surface area contributed by atoms with E-state index < -0.39 is 21.9 Å². The first-order chi connectivity index (χ1) is 8.29. The van der Waals surface area contributed by atoms with E-state index in [2.05, 4.69) is 0 Å². The van der Waals surface area contributed by atoms with E-state index in [0.717, 1.165) is 18.2 Å². The third kappa shape index (κ3) is 3.11. The highest BCUT2D eigenvalue weighted by Gasteiger charge is 2.27. The van der Waals surface area contributed by atoms with Crippen molar-refractivity contribution in [3.63, 3.8) is 0 Å². The second-order valence-corrected chi connectivity index (χ2v) is 5.86. The maximum atomic E-state index is 13.0. The summed E-state index contributed by atoms with van der Waals surface area (Å²) in [5.74, 6) is -0.956. The van der Waals surface area contributed by atoms with Crippen LogP contribution in [-0.4, -0.2) is 20.2 Å². The Bertz CT molecular complexity index is 562. The Morgan fingerprint density at radius 2 is 2.11 bits per heavy atom. The van der Waals surface area contributed by atoms with Gasteiger partial charge in [-0.25, -0.2) is 17.6 Å². The lowest BCUT2D eigenvalue weighted by Crippen LogP contribution is -2.42. The number of urea groups is 1. The van der Waals surface area contributed by atoms with Gasteiger partial charge in [0.1, 0.15) is 5.82 Å². The number of carbonyl (C=O) groups excluding carboxylic acids is 1. The molecule has 0 aliphatic rings. The average Bonchev–Trinajstić information content (AvgIpc) is 2.22. The number of carbonyl (C=O) groups is 1. The normalized spacial score (nSPS) is 11.3. The number of nitrogens with two attached hydrogens (primary N) is 1. The first kappa shape index (κ1) is 14.7. The van der Waals surface area contributed by atoms with Gasteiger partial charge in [-0.15, -0.1) is 0 Å². The van der Waals surface area contributed by atoms with E-state index in [0.29, 0.717) is 10.7 Å². The Morgan fingerprint density at radius 1 is 1.50 bits per heavy atom.